The lowest BCUT2D eigenvalue weighted by molar-refractivity contribution is -0.131. The molecular weight excluding hydrogens is 236 g/mol. The van der Waals surface area contributed by atoms with E-state index in [1.165, 1.54) is 30.4 Å². The number of likely N-dealkylation sites (N-methyl/N-ethyl adjacent to an activating group) is 1. The summed E-state index contributed by atoms with van der Waals surface area (Å²) in [7, 11) is 0. The van der Waals surface area contributed by atoms with Gasteiger partial charge >= 0.3 is 0 Å². The van der Waals surface area contributed by atoms with E-state index in [0.717, 1.165) is 18.8 Å². The van der Waals surface area contributed by atoms with Crippen LogP contribution in [0.5, 0.6) is 0 Å². The van der Waals surface area contributed by atoms with Gasteiger partial charge in [0.2, 0.25) is 5.91 Å². The van der Waals surface area contributed by atoms with Crippen LogP contribution in [0.4, 0.5) is 5.69 Å². The van der Waals surface area contributed by atoms with E-state index >= 15 is 0 Å². The van der Waals surface area contributed by atoms with E-state index in [4.69, 9.17) is 0 Å². The second-order valence-electron chi connectivity index (χ2n) is 5.21. The molecule has 19 heavy (non-hydrogen) atoms. The van der Waals surface area contributed by atoms with E-state index in [2.05, 4.69) is 23.5 Å². The summed E-state index contributed by atoms with van der Waals surface area (Å²) in [4.78, 5) is 14.1. The highest BCUT2D eigenvalue weighted by atomic mass is 16.2. The maximum absolute atomic E-state index is 12.2. The zero-order valence-electron chi connectivity index (χ0n) is 12.2. The van der Waals surface area contributed by atoms with Crippen LogP contribution in [0.3, 0.4) is 0 Å². The first-order valence-electron chi connectivity index (χ1n) is 7.32. The minimum Gasteiger partial charge on any atom is -0.374 e. The van der Waals surface area contributed by atoms with Gasteiger partial charge in [0.05, 0.1) is 0 Å². The molecule has 0 aromatic heterocycles. The second-order valence-corrected chi connectivity index (χ2v) is 5.21. The molecule has 2 rings (SSSR count). The summed E-state index contributed by atoms with van der Waals surface area (Å²) in [5.41, 5.74) is 3.97. The topological polar surface area (TPSA) is 32.3 Å². The standard InChI is InChI=1S/C16H24N2O/c1-4-18(5-2)16(19)12(3)17-15-10-9-13-7-6-8-14(13)11-15/h9-12,17H,4-8H2,1-3H3. The number of hydrogen-bond donors (Lipinski definition) is 1. The maximum atomic E-state index is 12.2. The Morgan fingerprint density at radius 2 is 1.95 bits per heavy atom. The first kappa shape index (κ1) is 13.9. The molecule has 0 saturated heterocycles. The summed E-state index contributed by atoms with van der Waals surface area (Å²) >= 11 is 0. The molecule has 1 unspecified atom stereocenters. The number of carbonyl (C=O) groups excluding carboxylic acids is 1. The largest absolute Gasteiger partial charge is 0.374 e. The summed E-state index contributed by atoms with van der Waals surface area (Å²) in [6.45, 7) is 7.51. The van der Waals surface area contributed by atoms with E-state index in [0.29, 0.717) is 0 Å². The number of hydrogen-bond acceptors (Lipinski definition) is 2. The third-order valence-corrected chi connectivity index (χ3v) is 3.93. The molecule has 1 amide bonds. The second kappa shape index (κ2) is 6.09. The Hall–Kier alpha value is -1.51. The molecule has 1 aromatic carbocycles. The van der Waals surface area contributed by atoms with Crippen LogP contribution in [0.15, 0.2) is 18.2 Å². The van der Waals surface area contributed by atoms with Gasteiger partial charge in [-0.05, 0) is 63.3 Å². The Kier molecular flexibility index (Phi) is 4.46. The van der Waals surface area contributed by atoms with Crippen LogP contribution in [0.2, 0.25) is 0 Å². The minimum absolute atomic E-state index is 0.167. The van der Waals surface area contributed by atoms with Crippen molar-refractivity contribution in [3.8, 4) is 0 Å². The number of aryl methyl sites for hydroxylation is 2. The van der Waals surface area contributed by atoms with Gasteiger partial charge in [-0.2, -0.15) is 0 Å². The molecule has 0 bridgehead atoms. The molecule has 0 radical (unpaired) electrons. The van der Waals surface area contributed by atoms with Crippen LogP contribution >= 0.6 is 0 Å². The van der Waals surface area contributed by atoms with Gasteiger partial charge in [-0.15, -0.1) is 0 Å². The average Bonchev–Trinajstić information content (AvgIpc) is 2.87. The molecule has 104 valence electrons. The van der Waals surface area contributed by atoms with Crippen LogP contribution < -0.4 is 5.32 Å². The quantitative estimate of drug-likeness (QED) is 0.883. The summed E-state index contributed by atoms with van der Waals surface area (Å²) in [5, 5.41) is 3.33. The number of amides is 1. The number of carbonyl (C=O) groups is 1. The van der Waals surface area contributed by atoms with Crippen LogP contribution in [0.1, 0.15) is 38.3 Å². The minimum atomic E-state index is -0.167. The van der Waals surface area contributed by atoms with Gasteiger partial charge in [0.15, 0.2) is 0 Å². The lowest BCUT2D eigenvalue weighted by Crippen LogP contribution is -2.41. The van der Waals surface area contributed by atoms with Crippen LogP contribution in [-0.2, 0) is 17.6 Å². The van der Waals surface area contributed by atoms with Gasteiger partial charge in [0.1, 0.15) is 6.04 Å². The van der Waals surface area contributed by atoms with Crippen molar-refractivity contribution >= 4 is 11.6 Å². The predicted molar refractivity (Wildman–Crippen MR) is 79.5 cm³/mol. The third-order valence-electron chi connectivity index (χ3n) is 3.93. The van der Waals surface area contributed by atoms with Gasteiger partial charge < -0.3 is 10.2 Å². The first-order valence-corrected chi connectivity index (χ1v) is 7.32. The van der Waals surface area contributed by atoms with E-state index in [1.807, 2.05) is 25.7 Å². The molecule has 1 aliphatic rings. The normalized spacial score (nSPS) is 14.9. The van der Waals surface area contributed by atoms with Crippen molar-refractivity contribution in [3.63, 3.8) is 0 Å². The van der Waals surface area contributed by atoms with Crippen LogP contribution in [0, 0.1) is 0 Å². The summed E-state index contributed by atoms with van der Waals surface area (Å²) in [5.74, 6) is 0.172. The zero-order valence-corrected chi connectivity index (χ0v) is 12.2. The van der Waals surface area contributed by atoms with Gasteiger partial charge in [0.25, 0.3) is 0 Å². The molecular formula is C16H24N2O. The van der Waals surface area contributed by atoms with Crippen molar-refractivity contribution in [2.75, 3.05) is 18.4 Å². The monoisotopic (exact) mass is 260 g/mol. The van der Waals surface area contributed by atoms with Crippen molar-refractivity contribution in [2.45, 2.75) is 46.1 Å². The predicted octanol–water partition coefficient (Wildman–Crippen LogP) is 2.84. The van der Waals surface area contributed by atoms with Gasteiger partial charge in [-0.25, -0.2) is 0 Å². The van der Waals surface area contributed by atoms with Crippen molar-refractivity contribution < 1.29 is 4.79 Å². The van der Waals surface area contributed by atoms with E-state index in [1.54, 1.807) is 0 Å². The first-order chi connectivity index (χ1) is 9.15. The fourth-order valence-corrected chi connectivity index (χ4v) is 2.78. The highest BCUT2D eigenvalue weighted by Gasteiger charge is 2.18. The lowest BCUT2D eigenvalue weighted by atomic mass is 10.1. The zero-order chi connectivity index (χ0) is 13.8. The smallest absolute Gasteiger partial charge is 0.244 e. The molecule has 0 aliphatic heterocycles. The number of nitrogens with one attached hydrogen (secondary N) is 1. The number of rotatable bonds is 5. The number of nitrogens with zero attached hydrogens (tertiary/aromatic N) is 1. The molecule has 1 atom stereocenters. The van der Waals surface area contributed by atoms with Gasteiger partial charge in [0, 0.05) is 18.8 Å². The molecule has 0 spiro atoms. The molecule has 3 heteroatoms. The lowest BCUT2D eigenvalue weighted by Gasteiger charge is -2.24. The van der Waals surface area contributed by atoms with Gasteiger partial charge in [-0.3, -0.25) is 4.79 Å². The molecule has 0 heterocycles. The summed E-state index contributed by atoms with van der Waals surface area (Å²) in [6.07, 6.45) is 3.62. The Morgan fingerprint density at radius 1 is 1.26 bits per heavy atom. The van der Waals surface area contributed by atoms with Gasteiger partial charge in [-0.1, -0.05) is 6.07 Å². The molecule has 1 N–H and O–H groups in total. The highest BCUT2D eigenvalue weighted by Crippen LogP contribution is 2.25. The number of anilines is 1. The molecule has 1 aromatic rings. The number of benzene rings is 1. The van der Waals surface area contributed by atoms with Crippen molar-refractivity contribution in [3.05, 3.63) is 29.3 Å². The highest BCUT2D eigenvalue weighted by molar-refractivity contribution is 5.84. The number of fused-ring (bicyclic) bond motifs is 1. The SMILES string of the molecule is CCN(CC)C(=O)C(C)Nc1ccc2c(c1)CCC2. The van der Waals surface area contributed by atoms with Crippen molar-refractivity contribution in [2.24, 2.45) is 0 Å². The third kappa shape index (κ3) is 3.09. The Balaban J connectivity index is 2.02. The Morgan fingerprint density at radius 3 is 2.63 bits per heavy atom. The summed E-state index contributed by atoms with van der Waals surface area (Å²) < 4.78 is 0. The van der Waals surface area contributed by atoms with Crippen molar-refractivity contribution in [1.29, 1.82) is 0 Å². The van der Waals surface area contributed by atoms with Crippen LogP contribution in [-0.4, -0.2) is 29.9 Å². The molecule has 0 fully saturated rings. The van der Waals surface area contributed by atoms with Crippen LogP contribution in [0.25, 0.3) is 0 Å². The molecule has 0 saturated carbocycles. The summed E-state index contributed by atoms with van der Waals surface area (Å²) in [6, 6.07) is 6.32. The van der Waals surface area contributed by atoms with Crippen molar-refractivity contribution in [1.82, 2.24) is 4.90 Å². The Labute approximate surface area is 116 Å². The average molecular weight is 260 g/mol. The molecule has 3 nitrogen and oxygen atoms in total. The molecule has 1 aliphatic carbocycles. The van der Waals surface area contributed by atoms with E-state index < -0.39 is 0 Å². The Bertz CT molecular complexity index is 452. The van der Waals surface area contributed by atoms with E-state index in [9.17, 15) is 4.79 Å². The fraction of sp³-hybridized carbons (Fsp3) is 0.562. The fourth-order valence-electron chi connectivity index (χ4n) is 2.78. The van der Waals surface area contributed by atoms with E-state index in [-0.39, 0.29) is 11.9 Å². The maximum Gasteiger partial charge on any atom is 0.244 e.